The van der Waals surface area contributed by atoms with E-state index in [0.29, 0.717) is 29.7 Å². The molecular formula is C21H31NO4. The van der Waals surface area contributed by atoms with Gasteiger partial charge >= 0.3 is 0 Å². The van der Waals surface area contributed by atoms with Gasteiger partial charge in [0, 0.05) is 6.04 Å². The van der Waals surface area contributed by atoms with E-state index in [1.54, 1.807) is 21.3 Å². The van der Waals surface area contributed by atoms with Crippen LogP contribution in [0.25, 0.3) is 0 Å². The molecule has 2 aliphatic rings. The van der Waals surface area contributed by atoms with Crippen LogP contribution in [0.15, 0.2) is 12.1 Å². The van der Waals surface area contributed by atoms with Crippen molar-refractivity contribution < 1.29 is 19.0 Å². The Kier molecular flexibility index (Phi) is 6.28. The van der Waals surface area contributed by atoms with Gasteiger partial charge in [-0.25, -0.2) is 0 Å². The van der Waals surface area contributed by atoms with Crippen LogP contribution >= 0.6 is 0 Å². The molecule has 0 spiro atoms. The number of nitrogens with one attached hydrogen (secondary N) is 1. The average molecular weight is 361 g/mol. The van der Waals surface area contributed by atoms with Gasteiger partial charge in [-0.3, -0.25) is 4.79 Å². The average Bonchev–Trinajstić information content (AvgIpc) is 2.66. The number of methoxy groups -OCH3 is 3. The van der Waals surface area contributed by atoms with Crippen LogP contribution < -0.4 is 19.5 Å². The molecule has 0 aliphatic heterocycles. The van der Waals surface area contributed by atoms with E-state index in [2.05, 4.69) is 5.32 Å². The molecule has 3 rings (SSSR count). The van der Waals surface area contributed by atoms with Crippen molar-refractivity contribution in [2.24, 2.45) is 11.8 Å². The highest BCUT2D eigenvalue weighted by molar-refractivity contribution is 5.79. The Morgan fingerprint density at radius 2 is 1.62 bits per heavy atom. The van der Waals surface area contributed by atoms with Crippen LogP contribution in [-0.2, 0) is 11.2 Å². The highest BCUT2D eigenvalue weighted by Crippen LogP contribution is 2.41. The molecule has 5 nitrogen and oxygen atoms in total. The summed E-state index contributed by atoms with van der Waals surface area (Å²) in [4.78, 5) is 12.6. The van der Waals surface area contributed by atoms with E-state index in [9.17, 15) is 4.79 Å². The van der Waals surface area contributed by atoms with E-state index < -0.39 is 0 Å². The standard InChI is InChI=1S/C21H31NO4/c1-24-18-10-14(11-19(25-2)21(18)26-3)12-20(23)22-17-9-8-15-6-4-5-7-16(15)13-17/h10-11,15-17H,4-9,12-13H2,1-3H3,(H,22,23)/t15-,16-,17+/m0/s1. The number of hydrogen-bond donors (Lipinski definition) is 1. The number of amides is 1. The van der Waals surface area contributed by atoms with Crippen LogP contribution in [0, 0.1) is 11.8 Å². The van der Waals surface area contributed by atoms with Crippen molar-refractivity contribution in [1.29, 1.82) is 0 Å². The molecule has 2 saturated carbocycles. The van der Waals surface area contributed by atoms with Crippen molar-refractivity contribution in [3.63, 3.8) is 0 Å². The molecule has 0 heterocycles. The molecule has 26 heavy (non-hydrogen) atoms. The first-order valence-electron chi connectivity index (χ1n) is 9.72. The molecule has 3 atom stereocenters. The second-order valence-electron chi connectivity index (χ2n) is 7.59. The molecular weight excluding hydrogens is 330 g/mol. The van der Waals surface area contributed by atoms with E-state index in [0.717, 1.165) is 30.2 Å². The summed E-state index contributed by atoms with van der Waals surface area (Å²) in [6.07, 6.45) is 9.31. The van der Waals surface area contributed by atoms with E-state index in [1.165, 1.54) is 32.1 Å². The zero-order valence-corrected chi connectivity index (χ0v) is 16.2. The monoisotopic (exact) mass is 361 g/mol. The largest absolute Gasteiger partial charge is 0.493 e. The fraction of sp³-hybridized carbons (Fsp3) is 0.667. The first-order valence-corrected chi connectivity index (χ1v) is 9.72. The predicted molar refractivity (Wildman–Crippen MR) is 101 cm³/mol. The number of hydrogen-bond acceptors (Lipinski definition) is 4. The summed E-state index contributed by atoms with van der Waals surface area (Å²) in [6.45, 7) is 0. The molecule has 0 bridgehead atoms. The maximum absolute atomic E-state index is 12.6. The fourth-order valence-corrected chi connectivity index (χ4v) is 4.71. The molecule has 1 amide bonds. The molecule has 1 aromatic carbocycles. The molecule has 0 saturated heterocycles. The third-order valence-corrected chi connectivity index (χ3v) is 5.99. The Labute approximate surface area is 156 Å². The van der Waals surface area contributed by atoms with Gasteiger partial charge in [0.05, 0.1) is 27.8 Å². The molecule has 1 N–H and O–H groups in total. The van der Waals surface area contributed by atoms with Crippen LogP contribution in [0.5, 0.6) is 17.2 Å². The summed E-state index contributed by atoms with van der Waals surface area (Å²) in [5.74, 6) is 3.49. The van der Waals surface area contributed by atoms with E-state index in [1.807, 2.05) is 12.1 Å². The normalized spacial score (nSPS) is 25.1. The zero-order chi connectivity index (χ0) is 18.5. The SMILES string of the molecule is COc1cc(CC(=O)N[C@@H]2CC[C@@H]3CCCC[C@H]3C2)cc(OC)c1OC. The number of carbonyl (C=O) groups excluding carboxylic acids is 1. The summed E-state index contributed by atoms with van der Waals surface area (Å²) < 4.78 is 16.1. The van der Waals surface area contributed by atoms with Gasteiger partial charge in [0.25, 0.3) is 0 Å². The van der Waals surface area contributed by atoms with Gasteiger partial charge in [-0.05, 0) is 48.8 Å². The molecule has 0 unspecified atom stereocenters. The van der Waals surface area contributed by atoms with Gasteiger partial charge in [-0.1, -0.05) is 25.7 Å². The van der Waals surface area contributed by atoms with Crippen LogP contribution in [0.2, 0.25) is 0 Å². The van der Waals surface area contributed by atoms with Gasteiger partial charge in [-0.2, -0.15) is 0 Å². The van der Waals surface area contributed by atoms with Gasteiger partial charge in [0.1, 0.15) is 0 Å². The van der Waals surface area contributed by atoms with Crippen LogP contribution in [-0.4, -0.2) is 33.3 Å². The maximum atomic E-state index is 12.6. The molecule has 2 fully saturated rings. The highest BCUT2D eigenvalue weighted by atomic mass is 16.5. The number of benzene rings is 1. The third kappa shape index (κ3) is 4.25. The lowest BCUT2D eigenvalue weighted by Gasteiger charge is -2.39. The van der Waals surface area contributed by atoms with Gasteiger partial charge in [0.15, 0.2) is 11.5 Å². The lowest BCUT2D eigenvalue weighted by atomic mass is 9.69. The van der Waals surface area contributed by atoms with Gasteiger partial charge in [0.2, 0.25) is 11.7 Å². The molecule has 5 heteroatoms. The van der Waals surface area contributed by atoms with E-state index in [4.69, 9.17) is 14.2 Å². The summed E-state index contributed by atoms with van der Waals surface area (Å²) in [6, 6.07) is 4.02. The van der Waals surface area contributed by atoms with Crippen molar-refractivity contribution in [3.05, 3.63) is 17.7 Å². The minimum Gasteiger partial charge on any atom is -0.493 e. The van der Waals surface area contributed by atoms with E-state index in [-0.39, 0.29) is 5.91 Å². The fourth-order valence-electron chi connectivity index (χ4n) is 4.71. The van der Waals surface area contributed by atoms with Crippen molar-refractivity contribution in [3.8, 4) is 17.2 Å². The van der Waals surface area contributed by atoms with Gasteiger partial charge < -0.3 is 19.5 Å². The molecule has 1 aromatic rings. The topological polar surface area (TPSA) is 56.8 Å². The summed E-state index contributed by atoms with van der Waals surface area (Å²) >= 11 is 0. The summed E-state index contributed by atoms with van der Waals surface area (Å²) in [7, 11) is 4.75. The van der Waals surface area contributed by atoms with Crippen LogP contribution in [0.1, 0.15) is 50.5 Å². The Morgan fingerprint density at radius 1 is 0.962 bits per heavy atom. The van der Waals surface area contributed by atoms with Crippen molar-refractivity contribution in [2.75, 3.05) is 21.3 Å². The molecule has 144 valence electrons. The quantitative estimate of drug-likeness (QED) is 0.839. The lowest BCUT2D eigenvalue weighted by molar-refractivity contribution is -0.121. The number of rotatable bonds is 6. The lowest BCUT2D eigenvalue weighted by Crippen LogP contribution is -2.42. The van der Waals surface area contributed by atoms with Crippen molar-refractivity contribution in [1.82, 2.24) is 5.32 Å². The molecule has 0 aromatic heterocycles. The predicted octanol–water partition coefficient (Wildman–Crippen LogP) is 3.73. The van der Waals surface area contributed by atoms with Crippen LogP contribution in [0.4, 0.5) is 0 Å². The van der Waals surface area contributed by atoms with Gasteiger partial charge in [-0.15, -0.1) is 0 Å². The maximum Gasteiger partial charge on any atom is 0.224 e. The van der Waals surface area contributed by atoms with Crippen LogP contribution in [0.3, 0.4) is 0 Å². The number of fused-ring (bicyclic) bond motifs is 1. The van der Waals surface area contributed by atoms with Crippen molar-refractivity contribution in [2.45, 2.75) is 57.4 Å². The zero-order valence-electron chi connectivity index (χ0n) is 16.2. The second kappa shape index (κ2) is 8.65. The number of carbonyl (C=O) groups is 1. The van der Waals surface area contributed by atoms with E-state index >= 15 is 0 Å². The smallest absolute Gasteiger partial charge is 0.224 e. The molecule has 2 aliphatic carbocycles. The van der Waals surface area contributed by atoms with Crippen molar-refractivity contribution >= 4 is 5.91 Å². The Bertz CT molecular complexity index is 605. The first kappa shape index (κ1) is 18.9. The number of ether oxygens (including phenoxy) is 3. The second-order valence-corrected chi connectivity index (χ2v) is 7.59. The summed E-state index contributed by atoms with van der Waals surface area (Å²) in [5, 5.41) is 3.25. The highest BCUT2D eigenvalue weighted by Gasteiger charge is 2.32. The third-order valence-electron chi connectivity index (χ3n) is 5.99. The minimum absolute atomic E-state index is 0.0681. The summed E-state index contributed by atoms with van der Waals surface area (Å²) in [5.41, 5.74) is 0.864. The Hall–Kier alpha value is -1.91. The first-order chi connectivity index (χ1) is 12.6. The minimum atomic E-state index is 0.0681. The Balaban J connectivity index is 1.61. The molecule has 0 radical (unpaired) electrons. The Morgan fingerprint density at radius 3 is 2.23 bits per heavy atom.